The number of nitrogens with zero attached hydrogens (tertiary/aromatic N) is 3. The summed E-state index contributed by atoms with van der Waals surface area (Å²) in [6.45, 7) is 0. The maximum Gasteiger partial charge on any atom is 0.242 e. The van der Waals surface area contributed by atoms with Crippen LogP contribution in [0.4, 0.5) is 5.69 Å². The van der Waals surface area contributed by atoms with Crippen LogP contribution in [0.5, 0.6) is 0 Å². The number of amides is 1. The van der Waals surface area contributed by atoms with E-state index in [9.17, 15) is 13.2 Å². The van der Waals surface area contributed by atoms with E-state index in [0.717, 1.165) is 16.1 Å². The molecule has 0 atom stereocenters. The average molecular weight is 387 g/mol. The van der Waals surface area contributed by atoms with Gasteiger partial charge in [-0.2, -0.15) is 0 Å². The smallest absolute Gasteiger partial charge is 0.242 e. The number of rotatable bonds is 6. The van der Waals surface area contributed by atoms with Gasteiger partial charge in [0.25, 0.3) is 0 Å². The SMILES string of the molecule is CN(C)S(=O)(=O)c1ccc(Cl)c(NC(=O)CSc2ncccn2)c1. The maximum absolute atomic E-state index is 12.1. The van der Waals surface area contributed by atoms with Crippen molar-refractivity contribution in [2.45, 2.75) is 10.1 Å². The molecule has 1 aromatic heterocycles. The van der Waals surface area contributed by atoms with Crippen molar-refractivity contribution in [3.63, 3.8) is 0 Å². The molecule has 2 rings (SSSR count). The van der Waals surface area contributed by atoms with Gasteiger partial charge in [0.15, 0.2) is 5.16 Å². The van der Waals surface area contributed by atoms with Crippen molar-refractivity contribution in [3.05, 3.63) is 41.7 Å². The van der Waals surface area contributed by atoms with Gasteiger partial charge in [0.05, 0.1) is 21.4 Å². The highest BCUT2D eigenvalue weighted by atomic mass is 35.5. The minimum absolute atomic E-state index is 0.0474. The number of sulfonamides is 1. The summed E-state index contributed by atoms with van der Waals surface area (Å²) in [6.07, 6.45) is 3.17. The molecule has 1 amide bonds. The van der Waals surface area contributed by atoms with Gasteiger partial charge in [-0.15, -0.1) is 0 Å². The van der Waals surface area contributed by atoms with Crippen LogP contribution in [-0.4, -0.2) is 48.4 Å². The standard InChI is InChI=1S/C14H15ClN4O3S2/c1-19(2)24(21,22)10-4-5-11(15)12(8-10)18-13(20)9-23-14-16-6-3-7-17-14/h3-8H,9H2,1-2H3,(H,18,20). The molecule has 0 unspecified atom stereocenters. The van der Waals surface area contributed by atoms with Gasteiger partial charge in [-0.3, -0.25) is 4.79 Å². The van der Waals surface area contributed by atoms with Gasteiger partial charge < -0.3 is 5.32 Å². The van der Waals surface area contributed by atoms with E-state index in [0.29, 0.717) is 5.16 Å². The molecule has 10 heteroatoms. The van der Waals surface area contributed by atoms with Crippen molar-refractivity contribution in [3.8, 4) is 0 Å². The Morgan fingerprint density at radius 2 is 1.96 bits per heavy atom. The summed E-state index contributed by atoms with van der Waals surface area (Å²) in [7, 11) is -0.751. The van der Waals surface area contributed by atoms with E-state index in [-0.39, 0.29) is 27.3 Å². The van der Waals surface area contributed by atoms with Crippen molar-refractivity contribution in [1.82, 2.24) is 14.3 Å². The van der Waals surface area contributed by atoms with Gasteiger partial charge in [-0.25, -0.2) is 22.7 Å². The third kappa shape index (κ3) is 4.67. The Labute approximate surface area is 149 Å². The zero-order chi connectivity index (χ0) is 17.7. The first-order valence-corrected chi connectivity index (χ1v) is 9.53. The number of thioether (sulfide) groups is 1. The predicted octanol–water partition coefficient (Wildman–Crippen LogP) is 2.11. The summed E-state index contributed by atoms with van der Waals surface area (Å²) >= 11 is 7.20. The summed E-state index contributed by atoms with van der Waals surface area (Å²) < 4.78 is 25.4. The number of aromatic nitrogens is 2. The summed E-state index contributed by atoms with van der Waals surface area (Å²) in [6, 6.07) is 5.83. The van der Waals surface area contributed by atoms with Crippen LogP contribution < -0.4 is 5.32 Å². The Morgan fingerprint density at radius 1 is 1.29 bits per heavy atom. The van der Waals surface area contributed by atoms with Gasteiger partial charge in [0.2, 0.25) is 15.9 Å². The normalized spacial score (nSPS) is 11.5. The van der Waals surface area contributed by atoms with E-state index < -0.39 is 10.0 Å². The zero-order valence-corrected chi connectivity index (χ0v) is 15.3. The van der Waals surface area contributed by atoms with Gasteiger partial charge in [-0.1, -0.05) is 23.4 Å². The Balaban J connectivity index is 2.10. The molecular formula is C14H15ClN4O3S2. The Kier molecular flexibility index (Phi) is 6.16. The van der Waals surface area contributed by atoms with Gasteiger partial charge in [-0.05, 0) is 24.3 Å². The van der Waals surface area contributed by atoms with Gasteiger partial charge >= 0.3 is 0 Å². The number of hydrogen-bond acceptors (Lipinski definition) is 6. The van der Waals surface area contributed by atoms with Crippen molar-refractivity contribution in [2.75, 3.05) is 25.2 Å². The van der Waals surface area contributed by atoms with Gasteiger partial charge in [0, 0.05) is 26.5 Å². The molecule has 0 aliphatic carbocycles. The Bertz CT molecular complexity index is 829. The van der Waals surface area contributed by atoms with E-state index in [4.69, 9.17) is 11.6 Å². The van der Waals surface area contributed by atoms with Crippen molar-refractivity contribution in [1.29, 1.82) is 0 Å². The van der Waals surface area contributed by atoms with Crippen LogP contribution in [0, 0.1) is 0 Å². The largest absolute Gasteiger partial charge is 0.324 e. The van der Waals surface area contributed by atoms with Crippen LogP contribution in [-0.2, 0) is 14.8 Å². The van der Waals surface area contributed by atoms with Crippen LogP contribution in [0.3, 0.4) is 0 Å². The highest BCUT2D eigenvalue weighted by molar-refractivity contribution is 7.99. The molecule has 1 N–H and O–H groups in total. The molecule has 1 aromatic carbocycles. The van der Waals surface area contributed by atoms with Crippen LogP contribution >= 0.6 is 23.4 Å². The van der Waals surface area contributed by atoms with Crippen molar-refractivity contribution in [2.24, 2.45) is 0 Å². The monoisotopic (exact) mass is 386 g/mol. The van der Waals surface area contributed by atoms with E-state index in [1.54, 1.807) is 18.5 Å². The molecule has 0 fully saturated rings. The van der Waals surface area contributed by atoms with E-state index >= 15 is 0 Å². The number of nitrogens with one attached hydrogen (secondary N) is 1. The van der Waals surface area contributed by atoms with Crippen LogP contribution in [0.2, 0.25) is 5.02 Å². The molecule has 0 aliphatic rings. The summed E-state index contributed by atoms with van der Waals surface area (Å²) in [5.74, 6) is -0.265. The number of hydrogen-bond donors (Lipinski definition) is 1. The minimum Gasteiger partial charge on any atom is -0.324 e. The molecule has 2 aromatic rings. The lowest BCUT2D eigenvalue weighted by atomic mass is 10.3. The fourth-order valence-corrected chi connectivity index (χ4v) is 3.34. The van der Waals surface area contributed by atoms with Crippen LogP contribution in [0.15, 0.2) is 46.7 Å². The molecule has 0 saturated heterocycles. The highest BCUT2D eigenvalue weighted by Gasteiger charge is 2.19. The minimum atomic E-state index is -3.61. The molecule has 1 heterocycles. The molecule has 0 bridgehead atoms. The summed E-state index contributed by atoms with van der Waals surface area (Å²) in [4.78, 5) is 20.1. The molecular weight excluding hydrogens is 372 g/mol. The van der Waals surface area contributed by atoms with Crippen LogP contribution in [0.25, 0.3) is 0 Å². The van der Waals surface area contributed by atoms with E-state index in [2.05, 4.69) is 15.3 Å². The maximum atomic E-state index is 12.1. The van der Waals surface area contributed by atoms with Crippen molar-refractivity contribution < 1.29 is 13.2 Å². The molecule has 0 saturated carbocycles. The lowest BCUT2D eigenvalue weighted by Gasteiger charge is -2.13. The molecule has 0 aliphatic heterocycles. The first-order valence-electron chi connectivity index (χ1n) is 6.72. The lowest BCUT2D eigenvalue weighted by molar-refractivity contribution is -0.113. The second-order valence-corrected chi connectivity index (χ2v) is 8.30. The molecule has 7 nitrogen and oxygen atoms in total. The third-order valence-corrected chi connectivity index (χ3v) is 5.88. The quantitative estimate of drug-likeness (QED) is 0.603. The molecule has 128 valence electrons. The topological polar surface area (TPSA) is 92.3 Å². The van der Waals surface area contributed by atoms with Gasteiger partial charge in [0.1, 0.15) is 0 Å². The number of carbonyl (C=O) groups is 1. The van der Waals surface area contributed by atoms with Crippen molar-refractivity contribution >= 4 is 45.0 Å². The number of halogens is 1. The molecule has 0 radical (unpaired) electrons. The fourth-order valence-electron chi connectivity index (χ4n) is 1.65. The van der Waals surface area contributed by atoms with E-state index in [1.807, 2.05) is 0 Å². The zero-order valence-electron chi connectivity index (χ0n) is 12.9. The summed E-state index contributed by atoms with van der Waals surface area (Å²) in [5.41, 5.74) is 0.235. The third-order valence-electron chi connectivity index (χ3n) is 2.86. The predicted molar refractivity (Wildman–Crippen MR) is 93.7 cm³/mol. The fraction of sp³-hybridized carbons (Fsp3) is 0.214. The summed E-state index contributed by atoms with van der Waals surface area (Å²) in [5, 5.41) is 3.33. The second-order valence-electron chi connectivity index (χ2n) is 4.80. The highest BCUT2D eigenvalue weighted by Crippen LogP contribution is 2.26. The van der Waals surface area contributed by atoms with Crippen LogP contribution in [0.1, 0.15) is 0 Å². The first kappa shape index (κ1) is 18.7. The Morgan fingerprint density at radius 3 is 2.58 bits per heavy atom. The number of carbonyl (C=O) groups excluding carboxylic acids is 1. The average Bonchev–Trinajstić information content (AvgIpc) is 2.55. The first-order chi connectivity index (χ1) is 11.3. The number of anilines is 1. The Hall–Kier alpha value is -1.68. The second kappa shape index (κ2) is 7.93. The lowest BCUT2D eigenvalue weighted by Crippen LogP contribution is -2.22. The molecule has 24 heavy (non-hydrogen) atoms. The number of benzene rings is 1. The van der Waals surface area contributed by atoms with E-state index in [1.165, 1.54) is 32.3 Å². The molecule has 0 spiro atoms.